The maximum absolute atomic E-state index is 13.4. The minimum atomic E-state index is -0.615. The fraction of sp³-hybridized carbons (Fsp3) is 0.238. The molecule has 1 amide bonds. The molecule has 160 valence electrons. The van der Waals surface area contributed by atoms with E-state index >= 15 is 0 Å². The van der Waals surface area contributed by atoms with E-state index in [2.05, 4.69) is 30.2 Å². The first-order valence-electron chi connectivity index (χ1n) is 10.1. The molecule has 1 aromatic carbocycles. The minimum absolute atomic E-state index is 0.124. The van der Waals surface area contributed by atoms with Gasteiger partial charge < -0.3 is 18.7 Å². The summed E-state index contributed by atoms with van der Waals surface area (Å²) in [6, 6.07) is 6.90. The molecule has 0 fully saturated rings. The van der Waals surface area contributed by atoms with Crippen molar-refractivity contribution in [1.82, 2.24) is 39.8 Å². The lowest BCUT2D eigenvalue weighted by Gasteiger charge is -2.31. The third kappa shape index (κ3) is 2.89. The molecular weight excluding hydrogens is 412 g/mol. The molecule has 11 heteroatoms. The molecule has 11 nitrogen and oxygen atoms in total. The Bertz CT molecular complexity index is 1460. The molecule has 6 rings (SSSR count). The van der Waals surface area contributed by atoms with E-state index in [1.807, 2.05) is 25.1 Å². The zero-order chi connectivity index (χ0) is 21.8. The van der Waals surface area contributed by atoms with Crippen molar-refractivity contribution in [3.8, 4) is 11.6 Å². The third-order valence-corrected chi connectivity index (χ3v) is 5.52. The van der Waals surface area contributed by atoms with Crippen LogP contribution in [0.2, 0.25) is 0 Å². The van der Waals surface area contributed by atoms with Crippen molar-refractivity contribution < 1.29 is 13.6 Å². The lowest BCUT2D eigenvalue weighted by molar-refractivity contribution is 0.0627. The van der Waals surface area contributed by atoms with Crippen LogP contribution in [0.4, 0.5) is 0 Å². The Morgan fingerprint density at radius 1 is 1.22 bits per heavy atom. The number of aromatic amines is 1. The number of amides is 1. The van der Waals surface area contributed by atoms with Crippen LogP contribution in [0, 0.1) is 6.92 Å². The molecule has 5 aromatic rings. The number of hydrogen-bond donors (Lipinski definition) is 1. The number of carbonyl (C=O) groups excluding carboxylic acids is 1. The van der Waals surface area contributed by atoms with Crippen LogP contribution in [0.25, 0.3) is 22.7 Å². The second kappa shape index (κ2) is 6.87. The highest BCUT2D eigenvalue weighted by Gasteiger charge is 2.39. The van der Waals surface area contributed by atoms with E-state index in [-0.39, 0.29) is 11.8 Å². The summed E-state index contributed by atoms with van der Waals surface area (Å²) in [4.78, 5) is 27.3. The smallest absolute Gasteiger partial charge is 0.312 e. The van der Waals surface area contributed by atoms with Crippen LogP contribution < -0.4 is 0 Å². The van der Waals surface area contributed by atoms with Crippen LogP contribution in [-0.4, -0.2) is 52.3 Å². The van der Waals surface area contributed by atoms with Crippen molar-refractivity contribution in [3.63, 3.8) is 0 Å². The lowest BCUT2D eigenvalue weighted by atomic mass is 10.0. The lowest BCUT2D eigenvalue weighted by Crippen LogP contribution is -2.41. The summed E-state index contributed by atoms with van der Waals surface area (Å²) in [5, 5.41) is 12.2. The molecule has 0 aliphatic carbocycles. The molecule has 0 saturated heterocycles. The van der Waals surface area contributed by atoms with Crippen LogP contribution >= 0.6 is 0 Å². The Hall–Kier alpha value is -4.28. The van der Waals surface area contributed by atoms with Gasteiger partial charge in [-0.1, -0.05) is 6.07 Å². The van der Waals surface area contributed by atoms with Gasteiger partial charge in [0, 0.05) is 31.9 Å². The van der Waals surface area contributed by atoms with Crippen LogP contribution in [0.3, 0.4) is 0 Å². The summed E-state index contributed by atoms with van der Waals surface area (Å²) in [6.07, 6.45) is 3.98. The molecule has 32 heavy (non-hydrogen) atoms. The van der Waals surface area contributed by atoms with Crippen LogP contribution in [0.15, 0.2) is 45.6 Å². The van der Waals surface area contributed by atoms with Crippen molar-refractivity contribution in [2.75, 3.05) is 6.54 Å². The largest absolute Gasteiger partial charge is 0.438 e. The van der Waals surface area contributed by atoms with Gasteiger partial charge in [0.2, 0.25) is 5.89 Å². The SMILES string of the molecule is Cc1ccc2oc([C@@H]3c4nc[nH]c4CCN3C(=O)c3nnc(-c4ccn(C)n4)o3)nc2c1. The number of imidazole rings is 1. The number of rotatable bonds is 3. The van der Waals surface area contributed by atoms with Crippen LogP contribution in [0.1, 0.15) is 39.6 Å². The average molecular weight is 430 g/mol. The number of nitrogens with zero attached hydrogens (tertiary/aromatic N) is 7. The predicted molar refractivity (Wildman–Crippen MR) is 110 cm³/mol. The Morgan fingerprint density at radius 3 is 2.97 bits per heavy atom. The zero-order valence-corrected chi connectivity index (χ0v) is 17.3. The number of H-pyrrole nitrogens is 1. The van der Waals surface area contributed by atoms with E-state index < -0.39 is 11.9 Å². The third-order valence-electron chi connectivity index (χ3n) is 5.52. The molecule has 0 spiro atoms. The van der Waals surface area contributed by atoms with E-state index in [1.54, 1.807) is 35.2 Å². The maximum atomic E-state index is 13.4. The molecule has 5 heterocycles. The van der Waals surface area contributed by atoms with Crippen LogP contribution in [0.5, 0.6) is 0 Å². The van der Waals surface area contributed by atoms with Crippen LogP contribution in [-0.2, 0) is 13.5 Å². The van der Waals surface area contributed by atoms with E-state index in [4.69, 9.17) is 8.83 Å². The molecule has 1 aliphatic rings. The highest BCUT2D eigenvalue weighted by molar-refractivity contribution is 5.90. The van der Waals surface area contributed by atoms with Gasteiger partial charge in [-0.25, -0.2) is 9.97 Å². The zero-order valence-electron chi connectivity index (χ0n) is 17.3. The summed E-state index contributed by atoms with van der Waals surface area (Å²) >= 11 is 0. The first-order chi connectivity index (χ1) is 15.6. The Labute approximate surface area is 181 Å². The van der Waals surface area contributed by atoms with Gasteiger partial charge in [-0.3, -0.25) is 9.48 Å². The highest BCUT2D eigenvalue weighted by atomic mass is 16.4. The van der Waals surface area contributed by atoms with Crippen molar-refractivity contribution in [2.45, 2.75) is 19.4 Å². The number of oxazole rings is 1. The molecule has 4 aromatic heterocycles. The topological polar surface area (TPSA) is 132 Å². The molecule has 1 N–H and O–H groups in total. The van der Waals surface area contributed by atoms with E-state index in [0.29, 0.717) is 35.8 Å². The number of aryl methyl sites for hydroxylation is 2. The summed E-state index contributed by atoms with van der Waals surface area (Å²) in [5.74, 6) is 0.0233. The van der Waals surface area contributed by atoms with Gasteiger partial charge >= 0.3 is 11.8 Å². The second-order valence-corrected chi connectivity index (χ2v) is 7.73. The van der Waals surface area contributed by atoms with Crippen molar-refractivity contribution >= 4 is 17.0 Å². The molecule has 0 unspecified atom stereocenters. The molecule has 1 atom stereocenters. The summed E-state index contributed by atoms with van der Waals surface area (Å²) in [5.41, 5.74) is 4.58. The number of aromatic nitrogens is 7. The first-order valence-corrected chi connectivity index (χ1v) is 10.1. The molecule has 0 radical (unpaired) electrons. The number of fused-ring (bicyclic) bond motifs is 2. The van der Waals surface area contributed by atoms with E-state index in [9.17, 15) is 4.79 Å². The maximum Gasteiger partial charge on any atom is 0.312 e. The highest BCUT2D eigenvalue weighted by Crippen LogP contribution is 2.35. The Kier molecular flexibility index (Phi) is 3.97. The van der Waals surface area contributed by atoms with E-state index in [0.717, 1.165) is 16.8 Å². The van der Waals surface area contributed by atoms with Gasteiger partial charge in [0.25, 0.3) is 5.89 Å². The van der Waals surface area contributed by atoms with Crippen molar-refractivity contribution in [2.24, 2.45) is 7.05 Å². The minimum Gasteiger partial charge on any atom is -0.438 e. The second-order valence-electron chi connectivity index (χ2n) is 7.73. The quantitative estimate of drug-likeness (QED) is 0.462. The van der Waals surface area contributed by atoms with Crippen molar-refractivity contribution in [1.29, 1.82) is 0 Å². The van der Waals surface area contributed by atoms with Gasteiger partial charge in [-0.2, -0.15) is 5.10 Å². The fourth-order valence-electron chi connectivity index (χ4n) is 3.98. The van der Waals surface area contributed by atoms with Gasteiger partial charge in [0.05, 0.1) is 12.0 Å². The van der Waals surface area contributed by atoms with E-state index in [1.165, 1.54) is 0 Å². The number of carbonyl (C=O) groups is 1. The monoisotopic (exact) mass is 430 g/mol. The van der Waals surface area contributed by atoms with Gasteiger partial charge in [0.1, 0.15) is 11.2 Å². The molecular formula is C21H18N8O3. The normalized spacial score (nSPS) is 15.9. The van der Waals surface area contributed by atoms with Gasteiger partial charge in [0.15, 0.2) is 11.6 Å². The average Bonchev–Trinajstić information content (AvgIpc) is 3.57. The molecule has 0 saturated carbocycles. The standard InChI is InChI=1S/C21H18N8O3/c1-11-3-4-15-14(9-11)24-19(31-15)17-16-12(22-10-23-16)6-8-29(17)21(30)20-26-25-18(32-20)13-5-7-28(2)27-13/h3-5,7,9-10,17H,6,8H2,1-2H3,(H,22,23)/t17-/m0/s1. The Balaban J connectivity index is 1.40. The van der Waals surface area contributed by atoms with Crippen molar-refractivity contribution in [3.05, 3.63) is 65.5 Å². The summed E-state index contributed by atoms with van der Waals surface area (Å²) in [7, 11) is 1.79. The fourth-order valence-corrected chi connectivity index (χ4v) is 3.98. The molecule has 1 aliphatic heterocycles. The Morgan fingerprint density at radius 2 is 2.12 bits per heavy atom. The molecule has 0 bridgehead atoms. The number of nitrogens with one attached hydrogen (secondary N) is 1. The number of benzene rings is 1. The summed E-state index contributed by atoms with van der Waals surface area (Å²) < 4.78 is 13.3. The van der Waals surface area contributed by atoms with Gasteiger partial charge in [-0.05, 0) is 30.7 Å². The number of hydrogen-bond acceptors (Lipinski definition) is 8. The van der Waals surface area contributed by atoms with Gasteiger partial charge in [-0.15, -0.1) is 10.2 Å². The first kappa shape index (κ1) is 18.5. The summed E-state index contributed by atoms with van der Waals surface area (Å²) in [6.45, 7) is 2.41. The predicted octanol–water partition coefficient (Wildman–Crippen LogP) is 2.43.